The van der Waals surface area contributed by atoms with Crippen LogP contribution in [0.4, 0.5) is 0 Å². The van der Waals surface area contributed by atoms with Crippen molar-refractivity contribution >= 4 is 0 Å². The Balaban J connectivity index is 0.000000581. The average molecular weight is 242 g/mol. The van der Waals surface area contributed by atoms with E-state index in [4.69, 9.17) is 0 Å². The van der Waals surface area contributed by atoms with Gasteiger partial charge in [0.15, 0.2) is 0 Å². The Kier molecular flexibility index (Phi) is 8.06. The molecule has 2 aliphatic rings. The van der Waals surface area contributed by atoms with Crippen LogP contribution < -0.4 is 0 Å². The molecule has 0 aromatic carbocycles. The molecule has 0 aromatic rings. The molecule has 0 aromatic heterocycles. The van der Waals surface area contributed by atoms with Gasteiger partial charge in [-0.2, -0.15) is 0 Å². The van der Waals surface area contributed by atoms with Crippen LogP contribution >= 0.6 is 0 Å². The summed E-state index contributed by atoms with van der Waals surface area (Å²) in [5, 5.41) is 0. The Bertz CT molecular complexity index is 173. The second kappa shape index (κ2) is 8.10. The van der Waals surface area contributed by atoms with Crippen LogP contribution in [0.1, 0.15) is 54.4 Å². The van der Waals surface area contributed by atoms with Gasteiger partial charge in [-0.3, -0.25) is 0 Å². The van der Waals surface area contributed by atoms with Crippen LogP contribution in [0, 0.1) is 5.41 Å². The van der Waals surface area contributed by atoms with Crippen LogP contribution in [-0.2, 0) is 0 Å². The maximum absolute atomic E-state index is 2.61. The molecule has 2 nitrogen and oxygen atoms in total. The van der Waals surface area contributed by atoms with Gasteiger partial charge in [-0.1, -0.05) is 27.7 Å². The zero-order valence-corrected chi connectivity index (χ0v) is 13.2. The summed E-state index contributed by atoms with van der Waals surface area (Å²) in [6.07, 6.45) is 2.85. The summed E-state index contributed by atoms with van der Waals surface area (Å²) in [5.74, 6) is 0. The number of rotatable bonds is 1. The maximum Gasteiger partial charge on any atom is 0.00484 e. The van der Waals surface area contributed by atoms with Gasteiger partial charge in [0.1, 0.15) is 0 Å². The van der Waals surface area contributed by atoms with Crippen molar-refractivity contribution in [1.82, 2.24) is 9.80 Å². The first-order valence-corrected chi connectivity index (χ1v) is 7.54. The number of piperidine rings is 1. The third-order valence-electron chi connectivity index (χ3n) is 3.80. The van der Waals surface area contributed by atoms with Crippen molar-refractivity contribution in [3.8, 4) is 0 Å². The third-order valence-corrected chi connectivity index (χ3v) is 3.80. The van der Waals surface area contributed by atoms with Gasteiger partial charge in [0.05, 0.1) is 0 Å². The van der Waals surface area contributed by atoms with Gasteiger partial charge in [-0.05, 0) is 52.2 Å². The van der Waals surface area contributed by atoms with Crippen LogP contribution in [0.3, 0.4) is 0 Å². The lowest BCUT2D eigenvalue weighted by Crippen LogP contribution is -2.59. The van der Waals surface area contributed by atoms with E-state index >= 15 is 0 Å². The van der Waals surface area contributed by atoms with Gasteiger partial charge < -0.3 is 9.80 Å². The first-order chi connectivity index (χ1) is 8.11. The van der Waals surface area contributed by atoms with Gasteiger partial charge in [0.2, 0.25) is 0 Å². The number of hydrogen-bond donors (Lipinski definition) is 0. The molecule has 2 fully saturated rings. The highest BCUT2D eigenvalue weighted by atomic mass is 15.2. The minimum atomic E-state index is 0.722. The van der Waals surface area contributed by atoms with Crippen molar-refractivity contribution in [2.75, 3.05) is 33.2 Å². The summed E-state index contributed by atoms with van der Waals surface area (Å²) in [5.41, 5.74) is 0.722. The van der Waals surface area contributed by atoms with E-state index in [1.54, 1.807) is 0 Å². The lowest BCUT2D eigenvalue weighted by atomic mass is 9.72. The smallest absolute Gasteiger partial charge is 0.00484 e. The second-order valence-corrected chi connectivity index (χ2v) is 5.30. The van der Waals surface area contributed by atoms with E-state index < -0.39 is 0 Å². The summed E-state index contributed by atoms with van der Waals surface area (Å²) in [4.78, 5) is 5.06. The van der Waals surface area contributed by atoms with E-state index in [1.165, 1.54) is 39.0 Å². The van der Waals surface area contributed by atoms with Gasteiger partial charge >= 0.3 is 0 Å². The fraction of sp³-hybridized carbons (Fsp3) is 1.00. The highest BCUT2D eigenvalue weighted by molar-refractivity contribution is 4.97. The Morgan fingerprint density at radius 3 is 1.59 bits per heavy atom. The molecular formula is C15H34N2. The van der Waals surface area contributed by atoms with Gasteiger partial charge in [0, 0.05) is 19.1 Å². The molecule has 2 heterocycles. The lowest BCUT2D eigenvalue weighted by molar-refractivity contribution is -0.0370. The SMILES string of the molecule is CC.CC.CC(C)N1CCC2(CC1)CN(C)C2. The minimum Gasteiger partial charge on any atom is -0.305 e. The molecule has 2 aliphatic heterocycles. The van der Waals surface area contributed by atoms with Crippen molar-refractivity contribution in [2.24, 2.45) is 5.41 Å². The standard InChI is InChI=1S/C11H22N2.2C2H6/c1-10(2)13-6-4-11(5-7-13)8-12(3)9-11;2*1-2/h10H,4-9H2,1-3H3;2*1-2H3. The third kappa shape index (κ3) is 4.59. The summed E-state index contributed by atoms with van der Waals surface area (Å²) in [6.45, 7) is 18.0. The highest BCUT2D eigenvalue weighted by Gasteiger charge is 2.43. The molecule has 2 saturated heterocycles. The predicted octanol–water partition coefficient (Wildman–Crippen LogP) is 3.47. The van der Waals surface area contributed by atoms with Crippen LogP contribution in [0.25, 0.3) is 0 Å². The highest BCUT2D eigenvalue weighted by Crippen LogP contribution is 2.39. The summed E-state index contributed by atoms with van der Waals surface area (Å²) < 4.78 is 0. The molecule has 2 heteroatoms. The monoisotopic (exact) mass is 242 g/mol. The van der Waals surface area contributed by atoms with E-state index in [2.05, 4.69) is 30.7 Å². The van der Waals surface area contributed by atoms with Crippen molar-refractivity contribution < 1.29 is 0 Å². The fourth-order valence-electron chi connectivity index (χ4n) is 2.93. The zero-order chi connectivity index (χ0) is 13.5. The number of hydrogen-bond acceptors (Lipinski definition) is 2. The maximum atomic E-state index is 2.61. The summed E-state index contributed by atoms with van der Waals surface area (Å²) in [7, 11) is 2.24. The van der Waals surface area contributed by atoms with Gasteiger partial charge in [0.25, 0.3) is 0 Å². The minimum absolute atomic E-state index is 0.722. The van der Waals surface area contributed by atoms with Crippen molar-refractivity contribution in [2.45, 2.75) is 60.4 Å². The molecule has 0 amide bonds. The number of nitrogens with zero attached hydrogens (tertiary/aromatic N) is 2. The zero-order valence-electron chi connectivity index (χ0n) is 13.2. The fourth-order valence-corrected chi connectivity index (χ4v) is 2.93. The molecule has 1 spiro atoms. The lowest BCUT2D eigenvalue weighted by Gasteiger charge is -2.53. The Hall–Kier alpha value is -0.0800. The van der Waals surface area contributed by atoms with E-state index in [9.17, 15) is 0 Å². The van der Waals surface area contributed by atoms with Crippen molar-refractivity contribution in [3.63, 3.8) is 0 Å². The van der Waals surface area contributed by atoms with Crippen LogP contribution in [0.15, 0.2) is 0 Å². The predicted molar refractivity (Wildman–Crippen MR) is 78.6 cm³/mol. The molecule has 104 valence electrons. The van der Waals surface area contributed by atoms with Crippen LogP contribution in [0.5, 0.6) is 0 Å². The summed E-state index contributed by atoms with van der Waals surface area (Å²) >= 11 is 0. The largest absolute Gasteiger partial charge is 0.305 e. The molecule has 0 saturated carbocycles. The second-order valence-electron chi connectivity index (χ2n) is 5.30. The normalized spacial score (nSPS) is 23.3. The molecule has 17 heavy (non-hydrogen) atoms. The number of likely N-dealkylation sites (tertiary alicyclic amines) is 2. The molecule has 0 atom stereocenters. The van der Waals surface area contributed by atoms with Crippen molar-refractivity contribution in [3.05, 3.63) is 0 Å². The molecular weight excluding hydrogens is 208 g/mol. The molecule has 0 unspecified atom stereocenters. The molecule has 0 bridgehead atoms. The first-order valence-electron chi connectivity index (χ1n) is 7.54. The first kappa shape index (κ1) is 16.9. The quantitative estimate of drug-likeness (QED) is 0.694. The topological polar surface area (TPSA) is 6.48 Å². The Morgan fingerprint density at radius 2 is 1.29 bits per heavy atom. The summed E-state index contributed by atoms with van der Waals surface area (Å²) in [6, 6.07) is 0.746. The Labute approximate surface area is 109 Å². The van der Waals surface area contributed by atoms with Crippen molar-refractivity contribution in [1.29, 1.82) is 0 Å². The van der Waals surface area contributed by atoms with Crippen LogP contribution in [0.2, 0.25) is 0 Å². The van der Waals surface area contributed by atoms with E-state index in [0.29, 0.717) is 0 Å². The molecule has 2 rings (SSSR count). The van der Waals surface area contributed by atoms with Gasteiger partial charge in [-0.15, -0.1) is 0 Å². The molecule has 0 N–H and O–H groups in total. The molecule has 0 radical (unpaired) electrons. The average Bonchev–Trinajstić information content (AvgIpc) is 2.33. The van der Waals surface area contributed by atoms with Crippen LogP contribution in [-0.4, -0.2) is 49.1 Å². The van der Waals surface area contributed by atoms with E-state index in [-0.39, 0.29) is 0 Å². The Morgan fingerprint density at radius 1 is 0.882 bits per heavy atom. The van der Waals surface area contributed by atoms with E-state index in [0.717, 1.165) is 11.5 Å². The van der Waals surface area contributed by atoms with E-state index in [1.807, 2.05) is 27.7 Å². The molecule has 0 aliphatic carbocycles. The van der Waals surface area contributed by atoms with Gasteiger partial charge in [-0.25, -0.2) is 0 Å².